The number of aromatic nitrogens is 4. The fourth-order valence-electron chi connectivity index (χ4n) is 2.82. The van der Waals surface area contributed by atoms with Gasteiger partial charge in [-0.3, -0.25) is 0 Å². The smallest absolute Gasteiger partial charge is 0.303 e. The normalized spacial score (nSPS) is 14.7. The molecule has 0 spiro atoms. The summed E-state index contributed by atoms with van der Waals surface area (Å²) in [6, 6.07) is 5.79. The van der Waals surface area contributed by atoms with Gasteiger partial charge in [0.15, 0.2) is 5.82 Å². The summed E-state index contributed by atoms with van der Waals surface area (Å²) in [4.78, 5) is 11.9. The second-order valence-corrected chi connectivity index (χ2v) is 6.51. The summed E-state index contributed by atoms with van der Waals surface area (Å²) in [7, 11) is 0. The maximum absolute atomic E-state index is 13.3. The van der Waals surface area contributed by atoms with E-state index in [9.17, 15) is 14.0 Å². The molecule has 2 aromatic heterocycles. The van der Waals surface area contributed by atoms with Crippen LogP contribution in [0.3, 0.4) is 0 Å². The first kappa shape index (κ1) is 15.9. The molecule has 8 heteroatoms. The van der Waals surface area contributed by atoms with Gasteiger partial charge in [-0.1, -0.05) is 0 Å². The molecule has 126 valence electrons. The largest absolute Gasteiger partial charge is 0.311 e. The highest BCUT2D eigenvalue weighted by Crippen LogP contribution is 2.42. The van der Waals surface area contributed by atoms with Gasteiger partial charge in [0.05, 0.1) is 22.7 Å². The molecule has 25 heavy (non-hydrogen) atoms. The SMILES string of the molecule is CC(F)(F)c1ncc(-c2cc(C#N)cc3c2nc(Cl)n3C2CC2)cn1. The number of nitriles is 1. The van der Waals surface area contributed by atoms with Gasteiger partial charge < -0.3 is 4.57 Å². The van der Waals surface area contributed by atoms with Crippen molar-refractivity contribution in [1.29, 1.82) is 5.26 Å². The minimum Gasteiger partial charge on any atom is -0.311 e. The highest BCUT2D eigenvalue weighted by atomic mass is 35.5. The van der Waals surface area contributed by atoms with E-state index in [1.165, 1.54) is 12.4 Å². The van der Waals surface area contributed by atoms with Crippen LogP contribution in [0.2, 0.25) is 5.28 Å². The van der Waals surface area contributed by atoms with E-state index in [0.29, 0.717) is 27.5 Å². The van der Waals surface area contributed by atoms with E-state index in [1.54, 1.807) is 12.1 Å². The van der Waals surface area contributed by atoms with Gasteiger partial charge in [0, 0.05) is 36.5 Å². The van der Waals surface area contributed by atoms with Crippen LogP contribution in [0.25, 0.3) is 22.2 Å². The Balaban J connectivity index is 1.92. The Morgan fingerprint density at radius 2 is 1.96 bits per heavy atom. The summed E-state index contributed by atoms with van der Waals surface area (Å²) in [6.45, 7) is 0.744. The highest BCUT2D eigenvalue weighted by Gasteiger charge is 2.30. The molecule has 0 amide bonds. The van der Waals surface area contributed by atoms with Crippen LogP contribution in [0.4, 0.5) is 8.78 Å². The Morgan fingerprint density at radius 3 is 2.52 bits per heavy atom. The van der Waals surface area contributed by atoms with Gasteiger partial charge in [0.1, 0.15) is 0 Å². The molecule has 1 fully saturated rings. The van der Waals surface area contributed by atoms with Crippen molar-refractivity contribution in [2.24, 2.45) is 0 Å². The van der Waals surface area contributed by atoms with Crippen LogP contribution in [0.5, 0.6) is 0 Å². The lowest BCUT2D eigenvalue weighted by Crippen LogP contribution is -2.12. The summed E-state index contributed by atoms with van der Waals surface area (Å²) in [5, 5.41) is 9.68. The summed E-state index contributed by atoms with van der Waals surface area (Å²) in [5.41, 5.74) is 2.90. The van der Waals surface area contributed by atoms with Crippen LogP contribution in [0.1, 0.15) is 37.2 Å². The zero-order valence-corrected chi connectivity index (χ0v) is 13.9. The number of imidazole rings is 1. The lowest BCUT2D eigenvalue weighted by Gasteiger charge is -2.09. The maximum atomic E-state index is 13.3. The van der Waals surface area contributed by atoms with Crippen molar-refractivity contribution < 1.29 is 8.78 Å². The van der Waals surface area contributed by atoms with Crippen LogP contribution in [-0.2, 0) is 5.92 Å². The van der Waals surface area contributed by atoms with E-state index in [0.717, 1.165) is 25.3 Å². The Kier molecular flexibility index (Phi) is 3.48. The third-order valence-electron chi connectivity index (χ3n) is 4.15. The molecule has 2 heterocycles. The van der Waals surface area contributed by atoms with E-state index in [-0.39, 0.29) is 6.04 Å². The van der Waals surface area contributed by atoms with Gasteiger partial charge in [0.25, 0.3) is 0 Å². The zero-order chi connectivity index (χ0) is 17.8. The average Bonchev–Trinajstić information content (AvgIpc) is 3.35. The Bertz CT molecular complexity index is 1010. The fourth-order valence-corrected chi connectivity index (χ4v) is 3.14. The zero-order valence-electron chi connectivity index (χ0n) is 13.2. The molecule has 0 radical (unpaired) electrons. The second-order valence-electron chi connectivity index (χ2n) is 6.17. The molecule has 4 rings (SSSR count). The van der Waals surface area contributed by atoms with E-state index in [1.807, 2.05) is 4.57 Å². The molecule has 0 atom stereocenters. The molecule has 5 nitrogen and oxygen atoms in total. The summed E-state index contributed by atoms with van der Waals surface area (Å²) in [6.07, 6.45) is 4.67. The van der Waals surface area contributed by atoms with E-state index >= 15 is 0 Å². The number of hydrogen-bond donors (Lipinski definition) is 0. The van der Waals surface area contributed by atoms with E-state index in [2.05, 4.69) is 21.0 Å². The Hall–Kier alpha value is -2.59. The number of nitrogens with zero attached hydrogens (tertiary/aromatic N) is 5. The fraction of sp³-hybridized carbons (Fsp3) is 0.294. The minimum absolute atomic E-state index is 0.289. The van der Waals surface area contributed by atoms with Crippen molar-refractivity contribution in [2.75, 3.05) is 0 Å². The quantitative estimate of drug-likeness (QED) is 0.692. The molecular formula is C17H12ClF2N5. The predicted octanol–water partition coefficient (Wildman–Crippen LogP) is 4.46. The number of benzene rings is 1. The van der Waals surface area contributed by atoms with Crippen molar-refractivity contribution in [2.45, 2.75) is 31.7 Å². The van der Waals surface area contributed by atoms with Crippen LogP contribution >= 0.6 is 11.6 Å². The van der Waals surface area contributed by atoms with Crippen molar-refractivity contribution in [1.82, 2.24) is 19.5 Å². The van der Waals surface area contributed by atoms with Crippen LogP contribution in [0.15, 0.2) is 24.5 Å². The number of fused-ring (bicyclic) bond motifs is 1. The number of alkyl halides is 2. The number of hydrogen-bond acceptors (Lipinski definition) is 4. The van der Waals surface area contributed by atoms with Gasteiger partial charge >= 0.3 is 5.92 Å². The van der Waals surface area contributed by atoms with Crippen molar-refractivity contribution in [3.05, 3.63) is 41.2 Å². The highest BCUT2D eigenvalue weighted by molar-refractivity contribution is 6.29. The summed E-state index contributed by atoms with van der Waals surface area (Å²) < 4.78 is 28.5. The molecular weight excluding hydrogens is 348 g/mol. The molecule has 0 saturated heterocycles. The third kappa shape index (κ3) is 2.72. The van der Waals surface area contributed by atoms with Gasteiger partial charge in [-0.05, 0) is 36.6 Å². The van der Waals surface area contributed by atoms with Crippen LogP contribution in [0, 0.1) is 11.3 Å². The second kappa shape index (κ2) is 5.46. The van der Waals surface area contributed by atoms with E-state index in [4.69, 9.17) is 11.6 Å². The maximum Gasteiger partial charge on any atom is 0.303 e. The molecule has 1 saturated carbocycles. The lowest BCUT2D eigenvalue weighted by molar-refractivity contribution is 0.00770. The number of rotatable bonds is 3. The van der Waals surface area contributed by atoms with Gasteiger partial charge in [-0.25, -0.2) is 15.0 Å². The summed E-state index contributed by atoms with van der Waals surface area (Å²) >= 11 is 6.28. The minimum atomic E-state index is -3.11. The topological polar surface area (TPSA) is 67.4 Å². The first-order valence-electron chi connectivity index (χ1n) is 7.71. The monoisotopic (exact) mass is 359 g/mol. The van der Waals surface area contributed by atoms with Crippen LogP contribution < -0.4 is 0 Å². The number of halogens is 3. The van der Waals surface area contributed by atoms with Crippen LogP contribution in [-0.4, -0.2) is 19.5 Å². The van der Waals surface area contributed by atoms with Gasteiger partial charge in [-0.15, -0.1) is 0 Å². The molecule has 3 aromatic rings. The lowest BCUT2D eigenvalue weighted by atomic mass is 10.0. The Morgan fingerprint density at radius 1 is 1.28 bits per heavy atom. The van der Waals surface area contributed by atoms with Gasteiger partial charge in [-0.2, -0.15) is 14.0 Å². The molecule has 1 aliphatic rings. The van der Waals surface area contributed by atoms with E-state index < -0.39 is 11.7 Å². The summed E-state index contributed by atoms with van der Waals surface area (Å²) in [5.74, 6) is -3.66. The average molecular weight is 360 g/mol. The first-order chi connectivity index (χ1) is 11.9. The predicted molar refractivity (Wildman–Crippen MR) is 88.3 cm³/mol. The molecule has 0 aliphatic heterocycles. The standard InChI is InChI=1S/C17H12ClF2N5/c1-17(19,20)15-22-7-10(8-23-15)12-4-9(6-21)5-13-14(12)24-16(18)25(13)11-2-3-11/h4-5,7-8,11H,2-3H2,1H3. The van der Waals surface area contributed by atoms with Crippen molar-refractivity contribution >= 4 is 22.6 Å². The molecule has 1 aliphatic carbocycles. The third-order valence-corrected chi connectivity index (χ3v) is 4.42. The van der Waals surface area contributed by atoms with Crippen molar-refractivity contribution in [3.8, 4) is 17.2 Å². The molecule has 0 N–H and O–H groups in total. The first-order valence-corrected chi connectivity index (χ1v) is 8.08. The molecule has 0 unspecified atom stereocenters. The van der Waals surface area contributed by atoms with Gasteiger partial charge in [0.2, 0.25) is 5.28 Å². The Labute approximate surface area is 146 Å². The molecule has 0 bridgehead atoms. The van der Waals surface area contributed by atoms with Crippen molar-refractivity contribution in [3.63, 3.8) is 0 Å². The molecule has 1 aromatic carbocycles.